The summed E-state index contributed by atoms with van der Waals surface area (Å²) in [5.41, 5.74) is 4.06. The number of benzene rings is 7. The zero-order valence-electron chi connectivity index (χ0n) is 21.1. The fourth-order valence-electron chi connectivity index (χ4n) is 6.18. The lowest BCUT2D eigenvalue weighted by Gasteiger charge is -2.14. The molecule has 1 aromatic heterocycles. The Morgan fingerprint density at radius 1 is 0.359 bits per heavy atom. The molecule has 182 valence electrons. The standard InChI is InChI=1S/C37H23NO/c39-37-34-15-6-5-13-31(34)33-14-7-8-16-36(33)38(37)26-20-17-24(18-21-26)25-19-22-32-29-11-2-1-9-27(29)28-10-3-4-12-30(28)35(32)23-25/h1-23H. The molecule has 0 amide bonds. The largest absolute Gasteiger partial charge is 0.276 e. The molecule has 0 saturated heterocycles. The molecule has 39 heavy (non-hydrogen) atoms. The highest BCUT2D eigenvalue weighted by molar-refractivity contribution is 6.25. The van der Waals surface area contributed by atoms with Crippen LogP contribution in [0.4, 0.5) is 0 Å². The monoisotopic (exact) mass is 497 g/mol. The van der Waals surface area contributed by atoms with Crippen LogP contribution in [0, 0.1) is 0 Å². The Hall–Kier alpha value is -5.21. The molecule has 8 rings (SSSR count). The van der Waals surface area contributed by atoms with Gasteiger partial charge in [0.15, 0.2) is 0 Å². The van der Waals surface area contributed by atoms with Crippen molar-refractivity contribution in [1.29, 1.82) is 0 Å². The third kappa shape index (κ3) is 3.25. The van der Waals surface area contributed by atoms with Crippen LogP contribution in [0.25, 0.3) is 70.8 Å². The van der Waals surface area contributed by atoms with E-state index in [4.69, 9.17) is 0 Å². The fourth-order valence-corrected chi connectivity index (χ4v) is 6.18. The number of fused-ring (bicyclic) bond motifs is 9. The van der Waals surface area contributed by atoms with Gasteiger partial charge in [0.2, 0.25) is 0 Å². The van der Waals surface area contributed by atoms with E-state index in [1.165, 1.54) is 32.3 Å². The van der Waals surface area contributed by atoms with Gasteiger partial charge in [-0.2, -0.15) is 0 Å². The van der Waals surface area contributed by atoms with E-state index >= 15 is 0 Å². The molecule has 0 bridgehead atoms. The number of hydrogen-bond acceptors (Lipinski definition) is 1. The van der Waals surface area contributed by atoms with Crippen molar-refractivity contribution in [3.63, 3.8) is 0 Å². The Bertz CT molecular complexity index is 2260. The minimum Gasteiger partial charge on any atom is -0.276 e. The fraction of sp³-hybridized carbons (Fsp3) is 0. The topological polar surface area (TPSA) is 22.0 Å². The second kappa shape index (κ2) is 8.41. The number of para-hydroxylation sites is 1. The van der Waals surface area contributed by atoms with Gasteiger partial charge in [-0.3, -0.25) is 9.36 Å². The van der Waals surface area contributed by atoms with Crippen molar-refractivity contribution >= 4 is 54.0 Å². The maximum Gasteiger partial charge on any atom is 0.263 e. The first kappa shape index (κ1) is 21.8. The summed E-state index contributed by atoms with van der Waals surface area (Å²) in [5, 5.41) is 10.4. The Morgan fingerprint density at radius 3 is 1.41 bits per heavy atom. The Kier molecular flexibility index (Phi) is 4.71. The second-order valence-corrected chi connectivity index (χ2v) is 10.1. The Morgan fingerprint density at radius 2 is 0.795 bits per heavy atom. The smallest absolute Gasteiger partial charge is 0.263 e. The lowest BCUT2D eigenvalue weighted by molar-refractivity contribution is 1.06. The molecule has 7 aromatic carbocycles. The Balaban J connectivity index is 1.31. The van der Waals surface area contributed by atoms with E-state index in [0.717, 1.165) is 38.5 Å². The zero-order valence-corrected chi connectivity index (χ0v) is 21.1. The summed E-state index contributed by atoms with van der Waals surface area (Å²) in [5.74, 6) is 0. The molecule has 1 heterocycles. The SMILES string of the molecule is O=c1c2ccccc2c2ccccc2n1-c1ccc(-c2ccc3c4ccccc4c4ccccc4c3c2)cc1. The average molecular weight is 498 g/mol. The molecule has 2 nitrogen and oxygen atoms in total. The molecule has 0 saturated carbocycles. The van der Waals surface area contributed by atoms with E-state index in [1.807, 2.05) is 47.0 Å². The highest BCUT2D eigenvalue weighted by Gasteiger charge is 2.13. The van der Waals surface area contributed by atoms with Crippen LogP contribution in [-0.4, -0.2) is 4.57 Å². The summed E-state index contributed by atoms with van der Waals surface area (Å²) in [6.45, 7) is 0. The normalized spacial score (nSPS) is 11.7. The summed E-state index contributed by atoms with van der Waals surface area (Å²) in [4.78, 5) is 13.6. The van der Waals surface area contributed by atoms with Gasteiger partial charge in [0.25, 0.3) is 5.56 Å². The Labute approximate surface area is 225 Å². The van der Waals surface area contributed by atoms with Gasteiger partial charge in [-0.1, -0.05) is 109 Å². The van der Waals surface area contributed by atoms with E-state index in [1.54, 1.807) is 0 Å². The van der Waals surface area contributed by atoms with Crippen LogP contribution < -0.4 is 5.56 Å². The van der Waals surface area contributed by atoms with Gasteiger partial charge in [0.05, 0.1) is 5.52 Å². The minimum atomic E-state index is 0.00102. The lowest BCUT2D eigenvalue weighted by Crippen LogP contribution is -2.19. The summed E-state index contributed by atoms with van der Waals surface area (Å²) in [7, 11) is 0. The molecule has 0 radical (unpaired) electrons. The quantitative estimate of drug-likeness (QED) is 0.218. The van der Waals surface area contributed by atoms with Gasteiger partial charge in [0.1, 0.15) is 0 Å². The molecule has 0 aliphatic rings. The van der Waals surface area contributed by atoms with Crippen molar-refractivity contribution in [3.8, 4) is 16.8 Å². The third-order valence-electron chi connectivity index (χ3n) is 8.00. The van der Waals surface area contributed by atoms with Crippen molar-refractivity contribution < 1.29 is 0 Å². The van der Waals surface area contributed by atoms with Gasteiger partial charge < -0.3 is 0 Å². The predicted molar refractivity (Wildman–Crippen MR) is 165 cm³/mol. The molecule has 0 N–H and O–H groups in total. The van der Waals surface area contributed by atoms with E-state index < -0.39 is 0 Å². The number of hydrogen-bond donors (Lipinski definition) is 0. The van der Waals surface area contributed by atoms with Gasteiger partial charge in [-0.25, -0.2) is 0 Å². The van der Waals surface area contributed by atoms with Crippen LogP contribution in [0.1, 0.15) is 0 Å². The molecule has 0 aliphatic carbocycles. The van der Waals surface area contributed by atoms with Crippen molar-refractivity contribution in [2.45, 2.75) is 0 Å². The summed E-state index contributed by atoms with van der Waals surface area (Å²) >= 11 is 0. The number of pyridine rings is 1. The highest BCUT2D eigenvalue weighted by Crippen LogP contribution is 2.37. The van der Waals surface area contributed by atoms with Gasteiger partial charge >= 0.3 is 0 Å². The first-order chi connectivity index (χ1) is 19.3. The van der Waals surface area contributed by atoms with Crippen molar-refractivity contribution in [2.24, 2.45) is 0 Å². The van der Waals surface area contributed by atoms with Gasteiger partial charge in [-0.05, 0) is 79.2 Å². The van der Waals surface area contributed by atoms with Crippen LogP contribution in [0.5, 0.6) is 0 Å². The molecular weight excluding hydrogens is 474 g/mol. The average Bonchev–Trinajstić information content (AvgIpc) is 3.01. The van der Waals surface area contributed by atoms with Crippen LogP contribution in [0.2, 0.25) is 0 Å². The van der Waals surface area contributed by atoms with Crippen LogP contribution in [-0.2, 0) is 0 Å². The van der Waals surface area contributed by atoms with Crippen molar-refractivity contribution in [3.05, 3.63) is 150 Å². The summed E-state index contributed by atoms with van der Waals surface area (Å²) < 4.78 is 1.83. The molecule has 0 spiro atoms. The van der Waals surface area contributed by atoms with E-state index in [0.29, 0.717) is 0 Å². The first-order valence-corrected chi connectivity index (χ1v) is 13.2. The van der Waals surface area contributed by atoms with E-state index in [2.05, 4.69) is 97.1 Å². The summed E-state index contributed by atoms with van der Waals surface area (Å²) in [6, 6.07) is 48.4. The van der Waals surface area contributed by atoms with Gasteiger partial charge in [-0.15, -0.1) is 0 Å². The zero-order chi connectivity index (χ0) is 25.9. The van der Waals surface area contributed by atoms with Crippen molar-refractivity contribution in [2.75, 3.05) is 0 Å². The maximum atomic E-state index is 13.6. The molecular formula is C37H23NO. The third-order valence-corrected chi connectivity index (χ3v) is 8.00. The summed E-state index contributed by atoms with van der Waals surface area (Å²) in [6.07, 6.45) is 0. The van der Waals surface area contributed by atoms with Gasteiger partial charge in [0, 0.05) is 16.5 Å². The minimum absolute atomic E-state index is 0.00102. The van der Waals surface area contributed by atoms with Crippen LogP contribution in [0.3, 0.4) is 0 Å². The molecule has 0 unspecified atom stereocenters. The molecule has 0 atom stereocenters. The number of aromatic nitrogens is 1. The lowest BCUT2D eigenvalue weighted by atomic mass is 9.92. The highest BCUT2D eigenvalue weighted by atomic mass is 16.1. The molecule has 2 heteroatoms. The van der Waals surface area contributed by atoms with Crippen LogP contribution in [0.15, 0.2) is 144 Å². The van der Waals surface area contributed by atoms with E-state index in [9.17, 15) is 4.79 Å². The van der Waals surface area contributed by atoms with Crippen LogP contribution >= 0.6 is 0 Å². The van der Waals surface area contributed by atoms with E-state index in [-0.39, 0.29) is 5.56 Å². The maximum absolute atomic E-state index is 13.6. The van der Waals surface area contributed by atoms with Crippen molar-refractivity contribution in [1.82, 2.24) is 4.57 Å². The number of nitrogens with zero attached hydrogens (tertiary/aromatic N) is 1. The predicted octanol–water partition coefficient (Wildman–Crippen LogP) is 9.27. The molecule has 0 fully saturated rings. The first-order valence-electron chi connectivity index (χ1n) is 13.2. The molecule has 0 aliphatic heterocycles. The second-order valence-electron chi connectivity index (χ2n) is 10.1. The molecule has 8 aromatic rings. The number of rotatable bonds is 2.